The van der Waals surface area contributed by atoms with Gasteiger partial charge in [0.15, 0.2) is 0 Å². The van der Waals surface area contributed by atoms with Crippen LogP contribution < -0.4 is 10.5 Å². The van der Waals surface area contributed by atoms with Gasteiger partial charge < -0.3 is 10.5 Å². The van der Waals surface area contributed by atoms with Crippen LogP contribution in [0, 0.1) is 0 Å². The first kappa shape index (κ1) is 12.7. The minimum Gasteiger partial charge on any atom is -0.492 e. The second-order valence-corrected chi connectivity index (χ2v) is 5.73. The van der Waals surface area contributed by atoms with Crippen molar-refractivity contribution in [1.29, 1.82) is 0 Å². The van der Waals surface area contributed by atoms with Crippen LogP contribution in [0.2, 0.25) is 0 Å². The number of nitrogens with two attached hydrogens (primary N) is 1. The predicted molar refractivity (Wildman–Crippen MR) is 72.4 cm³/mol. The van der Waals surface area contributed by atoms with Crippen LogP contribution in [0.25, 0.3) is 0 Å². The highest BCUT2D eigenvalue weighted by Gasteiger charge is 2.24. The lowest BCUT2D eigenvalue weighted by Crippen LogP contribution is -2.21. The molecule has 0 amide bonds. The lowest BCUT2D eigenvalue weighted by atomic mass is 10.0. The molecule has 2 atom stereocenters. The molecule has 2 heterocycles. The Kier molecular flexibility index (Phi) is 4.68. The predicted octanol–water partition coefficient (Wildman–Crippen LogP) is 2.77. The van der Waals surface area contributed by atoms with Crippen LogP contribution in [0.4, 0.5) is 0 Å². The number of thioether (sulfide) groups is 1. The molecule has 0 aromatic carbocycles. The Labute approximate surface area is 107 Å². The van der Waals surface area contributed by atoms with E-state index in [0.717, 1.165) is 24.3 Å². The van der Waals surface area contributed by atoms with Gasteiger partial charge in [0, 0.05) is 17.5 Å². The summed E-state index contributed by atoms with van der Waals surface area (Å²) in [5.74, 6) is 2.07. The topological polar surface area (TPSA) is 48.1 Å². The van der Waals surface area contributed by atoms with Crippen molar-refractivity contribution in [2.24, 2.45) is 5.73 Å². The first-order valence-corrected chi connectivity index (χ1v) is 7.31. The van der Waals surface area contributed by atoms with Gasteiger partial charge in [0.25, 0.3) is 0 Å². The molecule has 1 aliphatic rings. The van der Waals surface area contributed by atoms with Crippen molar-refractivity contribution < 1.29 is 4.74 Å². The van der Waals surface area contributed by atoms with Gasteiger partial charge in [0.1, 0.15) is 5.75 Å². The molecule has 2 unspecified atom stereocenters. The van der Waals surface area contributed by atoms with Gasteiger partial charge in [0.05, 0.1) is 12.8 Å². The van der Waals surface area contributed by atoms with Crippen LogP contribution in [-0.2, 0) is 0 Å². The van der Waals surface area contributed by atoms with Crippen molar-refractivity contribution in [2.45, 2.75) is 37.5 Å². The molecule has 1 fully saturated rings. The molecule has 1 aromatic rings. The number of ether oxygens (including phenoxy) is 1. The van der Waals surface area contributed by atoms with Crippen LogP contribution in [-0.4, -0.2) is 22.6 Å². The summed E-state index contributed by atoms with van der Waals surface area (Å²) in [5, 5.41) is 0.540. The summed E-state index contributed by atoms with van der Waals surface area (Å²) in [6.45, 7) is 2.83. The van der Waals surface area contributed by atoms with E-state index < -0.39 is 0 Å². The summed E-state index contributed by atoms with van der Waals surface area (Å²) >= 11 is 1.98. The van der Waals surface area contributed by atoms with E-state index in [9.17, 15) is 0 Å². The van der Waals surface area contributed by atoms with E-state index in [4.69, 9.17) is 10.5 Å². The average molecular weight is 252 g/mol. The van der Waals surface area contributed by atoms with Crippen LogP contribution in [0.3, 0.4) is 0 Å². The second-order valence-electron chi connectivity index (χ2n) is 4.38. The maximum Gasteiger partial charge on any atom is 0.137 e. The average Bonchev–Trinajstić information content (AvgIpc) is 2.89. The van der Waals surface area contributed by atoms with Gasteiger partial charge in [0.2, 0.25) is 0 Å². The van der Waals surface area contributed by atoms with E-state index in [2.05, 4.69) is 11.9 Å². The van der Waals surface area contributed by atoms with Crippen molar-refractivity contribution >= 4 is 11.8 Å². The third-order valence-corrected chi connectivity index (χ3v) is 4.44. The maximum atomic E-state index is 6.28. The second kappa shape index (κ2) is 6.26. The summed E-state index contributed by atoms with van der Waals surface area (Å²) in [5.41, 5.74) is 7.38. The van der Waals surface area contributed by atoms with Crippen molar-refractivity contribution in [3.8, 4) is 5.75 Å². The third-order valence-electron chi connectivity index (χ3n) is 2.96. The minimum atomic E-state index is 0.0835. The van der Waals surface area contributed by atoms with Crippen LogP contribution in [0.15, 0.2) is 18.5 Å². The van der Waals surface area contributed by atoms with Gasteiger partial charge in [-0.15, -0.1) is 0 Å². The largest absolute Gasteiger partial charge is 0.492 e. The zero-order chi connectivity index (χ0) is 12.1. The highest BCUT2D eigenvalue weighted by Crippen LogP contribution is 2.34. The molecule has 1 aliphatic heterocycles. The summed E-state index contributed by atoms with van der Waals surface area (Å²) in [6.07, 6.45) is 7.12. The smallest absolute Gasteiger partial charge is 0.137 e. The van der Waals surface area contributed by atoms with Gasteiger partial charge in [-0.05, 0) is 36.6 Å². The lowest BCUT2D eigenvalue weighted by Gasteiger charge is -2.18. The van der Waals surface area contributed by atoms with Gasteiger partial charge in [-0.3, -0.25) is 4.98 Å². The number of nitrogens with zero attached hydrogens (tertiary/aromatic N) is 1. The van der Waals surface area contributed by atoms with Crippen LogP contribution in [0.5, 0.6) is 5.75 Å². The Morgan fingerprint density at radius 2 is 2.47 bits per heavy atom. The van der Waals surface area contributed by atoms with E-state index in [0.29, 0.717) is 5.25 Å². The zero-order valence-electron chi connectivity index (χ0n) is 10.3. The maximum absolute atomic E-state index is 6.28. The van der Waals surface area contributed by atoms with E-state index in [-0.39, 0.29) is 6.04 Å². The van der Waals surface area contributed by atoms with Gasteiger partial charge in [-0.25, -0.2) is 0 Å². The monoisotopic (exact) mass is 252 g/mol. The molecule has 3 nitrogen and oxygen atoms in total. The van der Waals surface area contributed by atoms with Gasteiger partial charge in [-0.2, -0.15) is 11.8 Å². The Morgan fingerprint density at radius 1 is 1.59 bits per heavy atom. The SMILES string of the molecule is CCCOc1cncc(C(N)C2CCCS2)c1. The minimum absolute atomic E-state index is 0.0835. The lowest BCUT2D eigenvalue weighted by molar-refractivity contribution is 0.315. The third kappa shape index (κ3) is 3.36. The fourth-order valence-corrected chi connectivity index (χ4v) is 3.35. The number of rotatable bonds is 5. The van der Waals surface area contributed by atoms with E-state index in [1.807, 2.05) is 24.0 Å². The number of hydrogen-bond acceptors (Lipinski definition) is 4. The van der Waals surface area contributed by atoms with Crippen molar-refractivity contribution in [3.05, 3.63) is 24.0 Å². The van der Waals surface area contributed by atoms with Crippen molar-refractivity contribution in [1.82, 2.24) is 4.98 Å². The molecule has 0 saturated carbocycles. The zero-order valence-corrected chi connectivity index (χ0v) is 11.1. The van der Waals surface area contributed by atoms with Crippen LogP contribution >= 0.6 is 11.8 Å². The molecule has 4 heteroatoms. The molecule has 2 rings (SSSR count). The number of pyridine rings is 1. The van der Waals surface area contributed by atoms with E-state index >= 15 is 0 Å². The standard InChI is InChI=1S/C13H20N2OS/c1-2-5-16-11-7-10(8-15-9-11)13(14)12-4-3-6-17-12/h7-9,12-13H,2-6,14H2,1H3. The Bertz CT molecular complexity index is 353. The summed E-state index contributed by atoms with van der Waals surface area (Å²) in [7, 11) is 0. The van der Waals surface area contributed by atoms with E-state index in [1.54, 1.807) is 6.20 Å². The number of aromatic nitrogens is 1. The highest BCUT2D eigenvalue weighted by atomic mass is 32.2. The summed E-state index contributed by atoms with van der Waals surface area (Å²) < 4.78 is 5.58. The Morgan fingerprint density at radius 3 is 3.18 bits per heavy atom. The fourth-order valence-electron chi connectivity index (χ4n) is 2.02. The molecular formula is C13H20N2OS. The highest BCUT2D eigenvalue weighted by molar-refractivity contribution is 8.00. The van der Waals surface area contributed by atoms with Crippen molar-refractivity contribution in [3.63, 3.8) is 0 Å². The molecule has 1 aromatic heterocycles. The molecule has 0 aliphatic carbocycles. The molecule has 17 heavy (non-hydrogen) atoms. The normalized spacial score (nSPS) is 21.4. The Balaban J connectivity index is 2.03. The van der Waals surface area contributed by atoms with E-state index in [1.165, 1.54) is 18.6 Å². The summed E-state index contributed by atoms with van der Waals surface area (Å²) in [4.78, 5) is 4.22. The number of hydrogen-bond donors (Lipinski definition) is 1. The van der Waals surface area contributed by atoms with Crippen molar-refractivity contribution in [2.75, 3.05) is 12.4 Å². The fraction of sp³-hybridized carbons (Fsp3) is 0.615. The first-order valence-electron chi connectivity index (χ1n) is 6.26. The molecule has 2 N–H and O–H groups in total. The molecule has 0 bridgehead atoms. The molecular weight excluding hydrogens is 232 g/mol. The molecule has 94 valence electrons. The first-order chi connectivity index (χ1) is 8.31. The van der Waals surface area contributed by atoms with Crippen LogP contribution in [0.1, 0.15) is 37.8 Å². The van der Waals surface area contributed by atoms with Gasteiger partial charge >= 0.3 is 0 Å². The Hall–Kier alpha value is -0.740. The summed E-state index contributed by atoms with van der Waals surface area (Å²) in [6, 6.07) is 2.12. The quantitative estimate of drug-likeness (QED) is 0.875. The molecule has 0 radical (unpaired) electrons. The van der Waals surface area contributed by atoms with Gasteiger partial charge in [-0.1, -0.05) is 6.92 Å². The molecule has 1 saturated heterocycles. The molecule has 0 spiro atoms.